The van der Waals surface area contributed by atoms with Crippen molar-refractivity contribution < 1.29 is 14.4 Å². The van der Waals surface area contributed by atoms with Crippen LogP contribution in [0.25, 0.3) is 0 Å². The molecule has 0 aromatic heterocycles. The molecule has 3 amide bonds. The molecule has 1 unspecified atom stereocenters. The second-order valence-corrected chi connectivity index (χ2v) is 6.07. The van der Waals surface area contributed by atoms with Crippen LogP contribution < -0.4 is 21.7 Å². The Morgan fingerprint density at radius 1 is 1.33 bits per heavy atom. The van der Waals surface area contributed by atoms with Crippen molar-refractivity contribution >= 4 is 17.7 Å². The smallest absolute Gasteiger partial charge is 0.243 e. The Kier molecular flexibility index (Phi) is 6.61. The minimum atomic E-state index is -0.647. The molecular weight excluding hydrogens is 272 g/mol. The zero-order valence-corrected chi connectivity index (χ0v) is 12.9. The molecule has 0 aliphatic carbocycles. The summed E-state index contributed by atoms with van der Waals surface area (Å²) >= 11 is 0. The van der Waals surface area contributed by atoms with Crippen LogP contribution >= 0.6 is 0 Å². The fraction of sp³-hybridized carbons (Fsp3) is 0.786. The van der Waals surface area contributed by atoms with E-state index in [0.717, 1.165) is 13.0 Å². The van der Waals surface area contributed by atoms with Gasteiger partial charge in [0.05, 0.1) is 12.6 Å². The van der Waals surface area contributed by atoms with Crippen LogP contribution in [0, 0.1) is 11.8 Å². The maximum atomic E-state index is 12.2. The van der Waals surface area contributed by atoms with E-state index in [2.05, 4.69) is 16.0 Å². The summed E-state index contributed by atoms with van der Waals surface area (Å²) < 4.78 is 0. The summed E-state index contributed by atoms with van der Waals surface area (Å²) in [6.07, 6.45) is 1.46. The van der Waals surface area contributed by atoms with E-state index >= 15 is 0 Å². The Hall–Kier alpha value is -1.63. The lowest BCUT2D eigenvalue weighted by atomic mass is 10.00. The molecule has 1 saturated heterocycles. The summed E-state index contributed by atoms with van der Waals surface area (Å²) in [6, 6.07) is -0.907. The zero-order valence-electron chi connectivity index (χ0n) is 12.9. The van der Waals surface area contributed by atoms with E-state index in [-0.39, 0.29) is 36.2 Å². The maximum Gasteiger partial charge on any atom is 0.243 e. The van der Waals surface area contributed by atoms with Crippen molar-refractivity contribution in [2.24, 2.45) is 17.6 Å². The van der Waals surface area contributed by atoms with Crippen LogP contribution in [0.4, 0.5) is 0 Å². The van der Waals surface area contributed by atoms with Gasteiger partial charge >= 0.3 is 0 Å². The van der Waals surface area contributed by atoms with Crippen molar-refractivity contribution in [3.8, 4) is 0 Å². The molecule has 5 N–H and O–H groups in total. The van der Waals surface area contributed by atoms with Crippen molar-refractivity contribution in [2.45, 2.75) is 45.7 Å². The fourth-order valence-corrected chi connectivity index (χ4v) is 2.45. The summed E-state index contributed by atoms with van der Waals surface area (Å²) in [5, 5.41) is 8.36. The van der Waals surface area contributed by atoms with Crippen LogP contribution in [0.3, 0.4) is 0 Å². The molecule has 7 heteroatoms. The monoisotopic (exact) mass is 298 g/mol. The van der Waals surface area contributed by atoms with Gasteiger partial charge in [-0.05, 0) is 31.2 Å². The van der Waals surface area contributed by atoms with Crippen LogP contribution in [0.2, 0.25) is 0 Å². The summed E-state index contributed by atoms with van der Waals surface area (Å²) in [5.41, 5.74) is 5.01. The lowest BCUT2D eigenvalue weighted by Gasteiger charge is -2.23. The van der Waals surface area contributed by atoms with Crippen molar-refractivity contribution in [3.63, 3.8) is 0 Å². The van der Waals surface area contributed by atoms with E-state index in [1.807, 2.05) is 20.8 Å². The standard InChI is InChI=1S/C14H26N4O3/c1-8(2)6-10(13(20)17-7-11(15)19)18-14(21)12-9(3)4-5-16-12/h8-10,12,16H,4-7H2,1-3H3,(H2,15,19)(H,17,20)(H,18,21)/t9?,10-,12-/m0/s1. The van der Waals surface area contributed by atoms with Crippen molar-refractivity contribution in [2.75, 3.05) is 13.1 Å². The number of nitrogens with one attached hydrogen (secondary N) is 3. The Bertz CT molecular complexity index is 398. The average molecular weight is 298 g/mol. The van der Waals surface area contributed by atoms with Gasteiger partial charge in [-0.25, -0.2) is 0 Å². The molecule has 1 aliphatic heterocycles. The highest BCUT2D eigenvalue weighted by Gasteiger charge is 2.32. The van der Waals surface area contributed by atoms with Crippen molar-refractivity contribution in [1.29, 1.82) is 0 Å². The summed E-state index contributed by atoms with van der Waals surface area (Å²) in [4.78, 5) is 35.0. The van der Waals surface area contributed by atoms with Gasteiger partial charge in [0.1, 0.15) is 6.04 Å². The number of carbonyl (C=O) groups excluding carboxylic acids is 3. The van der Waals surface area contributed by atoms with Crippen LogP contribution in [-0.2, 0) is 14.4 Å². The van der Waals surface area contributed by atoms with Crippen LogP contribution in [0.15, 0.2) is 0 Å². The first kappa shape index (κ1) is 17.4. The predicted octanol–water partition coefficient (Wildman–Crippen LogP) is -0.883. The highest BCUT2D eigenvalue weighted by molar-refractivity contribution is 5.91. The largest absolute Gasteiger partial charge is 0.368 e. The Morgan fingerprint density at radius 3 is 2.48 bits per heavy atom. The van der Waals surface area contributed by atoms with Crippen molar-refractivity contribution in [3.05, 3.63) is 0 Å². The number of rotatable bonds is 7. The molecule has 1 fully saturated rings. The Labute approximate surface area is 125 Å². The molecule has 0 saturated carbocycles. The second kappa shape index (κ2) is 7.97. The lowest BCUT2D eigenvalue weighted by Crippen LogP contribution is -2.53. The van der Waals surface area contributed by atoms with E-state index in [1.54, 1.807) is 0 Å². The first-order valence-corrected chi connectivity index (χ1v) is 7.41. The van der Waals surface area contributed by atoms with E-state index < -0.39 is 11.9 Å². The van der Waals surface area contributed by atoms with E-state index in [1.165, 1.54) is 0 Å². The summed E-state index contributed by atoms with van der Waals surface area (Å²) in [6.45, 7) is 6.53. The van der Waals surface area contributed by atoms with Gasteiger partial charge in [0.2, 0.25) is 17.7 Å². The molecule has 120 valence electrons. The van der Waals surface area contributed by atoms with Gasteiger partial charge in [0.25, 0.3) is 0 Å². The number of hydrogen-bond acceptors (Lipinski definition) is 4. The topological polar surface area (TPSA) is 113 Å². The molecule has 21 heavy (non-hydrogen) atoms. The van der Waals surface area contributed by atoms with Crippen molar-refractivity contribution in [1.82, 2.24) is 16.0 Å². The third-order valence-corrected chi connectivity index (χ3v) is 3.59. The zero-order chi connectivity index (χ0) is 16.0. The third kappa shape index (κ3) is 5.71. The maximum absolute atomic E-state index is 12.2. The Morgan fingerprint density at radius 2 is 2.00 bits per heavy atom. The van der Waals surface area contributed by atoms with Gasteiger partial charge in [-0.2, -0.15) is 0 Å². The molecule has 0 spiro atoms. The number of nitrogens with two attached hydrogens (primary N) is 1. The average Bonchev–Trinajstić information content (AvgIpc) is 2.80. The number of hydrogen-bond donors (Lipinski definition) is 4. The molecule has 1 rings (SSSR count). The first-order valence-electron chi connectivity index (χ1n) is 7.41. The lowest BCUT2D eigenvalue weighted by molar-refractivity contribution is -0.131. The fourth-order valence-electron chi connectivity index (χ4n) is 2.45. The quantitative estimate of drug-likeness (QED) is 0.488. The third-order valence-electron chi connectivity index (χ3n) is 3.59. The van der Waals surface area contributed by atoms with E-state index in [0.29, 0.717) is 6.42 Å². The van der Waals surface area contributed by atoms with Gasteiger partial charge in [0, 0.05) is 0 Å². The molecule has 1 heterocycles. The van der Waals surface area contributed by atoms with Crippen LogP contribution in [0.1, 0.15) is 33.6 Å². The van der Waals surface area contributed by atoms with Gasteiger partial charge in [-0.1, -0.05) is 20.8 Å². The summed E-state index contributed by atoms with van der Waals surface area (Å²) in [5.74, 6) is -0.660. The van der Waals surface area contributed by atoms with Gasteiger partial charge < -0.3 is 21.7 Å². The number of amides is 3. The molecule has 3 atom stereocenters. The molecule has 0 aromatic rings. The van der Waals surface area contributed by atoms with E-state index in [9.17, 15) is 14.4 Å². The first-order chi connectivity index (χ1) is 9.81. The van der Waals surface area contributed by atoms with Crippen LogP contribution in [-0.4, -0.2) is 42.9 Å². The molecule has 0 radical (unpaired) electrons. The molecule has 0 aromatic carbocycles. The predicted molar refractivity (Wildman–Crippen MR) is 79.2 cm³/mol. The number of primary amides is 1. The minimum Gasteiger partial charge on any atom is -0.368 e. The van der Waals surface area contributed by atoms with E-state index in [4.69, 9.17) is 5.73 Å². The summed E-state index contributed by atoms with van der Waals surface area (Å²) in [7, 11) is 0. The molecule has 7 nitrogen and oxygen atoms in total. The van der Waals surface area contributed by atoms with Gasteiger partial charge in [-0.15, -0.1) is 0 Å². The van der Waals surface area contributed by atoms with Gasteiger partial charge in [-0.3, -0.25) is 14.4 Å². The molecule has 1 aliphatic rings. The SMILES string of the molecule is CC(C)C[C@H](NC(=O)[C@H]1NCCC1C)C(=O)NCC(N)=O. The molecule has 0 bridgehead atoms. The minimum absolute atomic E-state index is 0.167. The highest BCUT2D eigenvalue weighted by Crippen LogP contribution is 2.15. The number of carbonyl (C=O) groups is 3. The Balaban J connectivity index is 2.62. The second-order valence-electron chi connectivity index (χ2n) is 6.07. The molecular formula is C14H26N4O3. The van der Waals surface area contributed by atoms with Gasteiger partial charge in [0.15, 0.2) is 0 Å². The highest BCUT2D eigenvalue weighted by atomic mass is 16.2. The normalized spacial score (nSPS) is 22.9. The van der Waals surface area contributed by atoms with Crippen LogP contribution in [0.5, 0.6) is 0 Å².